The summed E-state index contributed by atoms with van der Waals surface area (Å²) < 4.78 is 5.65. The smallest absolute Gasteiger partial charge is 0.0606 e. The van der Waals surface area contributed by atoms with Crippen LogP contribution in [-0.4, -0.2) is 12.7 Å². The zero-order valence-corrected chi connectivity index (χ0v) is 6.38. The summed E-state index contributed by atoms with van der Waals surface area (Å²) in [6.07, 6.45) is 9.73. The second kappa shape index (κ2) is 2.91. The molecule has 0 N–H and O–H groups in total. The molecule has 0 bridgehead atoms. The highest BCUT2D eigenvalue weighted by Crippen LogP contribution is 2.32. The zero-order valence-electron chi connectivity index (χ0n) is 6.38. The molecule has 0 amide bonds. The molecule has 0 aromatic carbocycles. The molecule has 2 rings (SSSR count). The summed E-state index contributed by atoms with van der Waals surface area (Å²) >= 11 is 0. The van der Waals surface area contributed by atoms with Crippen LogP contribution in [-0.2, 0) is 4.74 Å². The largest absolute Gasteiger partial charge is 0.378 e. The van der Waals surface area contributed by atoms with Crippen molar-refractivity contribution in [2.24, 2.45) is 5.92 Å². The summed E-state index contributed by atoms with van der Waals surface area (Å²) in [6, 6.07) is 0. The van der Waals surface area contributed by atoms with E-state index in [0.29, 0.717) is 6.10 Å². The van der Waals surface area contributed by atoms with Gasteiger partial charge in [0, 0.05) is 6.61 Å². The molecule has 57 valence electrons. The predicted molar refractivity (Wildman–Crippen MR) is 40.6 cm³/mol. The van der Waals surface area contributed by atoms with E-state index in [1.54, 1.807) is 0 Å². The van der Waals surface area contributed by atoms with Gasteiger partial charge in [0.2, 0.25) is 0 Å². The molecule has 1 aliphatic heterocycles. The number of ether oxygens (including phenoxy) is 1. The van der Waals surface area contributed by atoms with Crippen molar-refractivity contribution < 1.29 is 4.74 Å². The first-order valence-electron chi connectivity index (χ1n) is 4.42. The Kier molecular flexibility index (Phi) is 1.94. The van der Waals surface area contributed by atoms with E-state index >= 15 is 0 Å². The molecule has 0 spiro atoms. The molecular formula is C9H15O. The molecule has 1 saturated heterocycles. The molecule has 1 saturated carbocycles. The SMILES string of the molecule is [CH]1CCOC2CCCCC12. The summed E-state index contributed by atoms with van der Waals surface area (Å²) in [6.45, 7) is 0.973. The van der Waals surface area contributed by atoms with E-state index < -0.39 is 0 Å². The van der Waals surface area contributed by atoms with Gasteiger partial charge >= 0.3 is 0 Å². The van der Waals surface area contributed by atoms with Crippen LogP contribution in [0.25, 0.3) is 0 Å². The van der Waals surface area contributed by atoms with Gasteiger partial charge in [-0.15, -0.1) is 0 Å². The van der Waals surface area contributed by atoms with Gasteiger partial charge in [0.05, 0.1) is 6.10 Å². The molecule has 1 heteroatoms. The molecule has 1 heterocycles. The van der Waals surface area contributed by atoms with Gasteiger partial charge in [0.15, 0.2) is 0 Å². The van der Waals surface area contributed by atoms with Crippen molar-refractivity contribution in [3.63, 3.8) is 0 Å². The molecule has 2 aliphatic rings. The lowest BCUT2D eigenvalue weighted by Gasteiger charge is -2.34. The second-order valence-electron chi connectivity index (χ2n) is 3.38. The number of fused-ring (bicyclic) bond motifs is 1. The summed E-state index contributed by atoms with van der Waals surface area (Å²) in [5, 5.41) is 0. The van der Waals surface area contributed by atoms with Gasteiger partial charge in [0.1, 0.15) is 0 Å². The number of hydrogen-bond donors (Lipinski definition) is 0. The van der Waals surface area contributed by atoms with Crippen LogP contribution in [0.5, 0.6) is 0 Å². The summed E-state index contributed by atoms with van der Waals surface area (Å²) in [5.41, 5.74) is 0. The lowest BCUT2D eigenvalue weighted by Crippen LogP contribution is -2.32. The van der Waals surface area contributed by atoms with Gasteiger partial charge < -0.3 is 4.74 Å². The Bertz CT molecular complexity index is 85.3. The van der Waals surface area contributed by atoms with Gasteiger partial charge in [-0.25, -0.2) is 0 Å². The standard InChI is InChI=1S/C9H15O/c1-2-6-9-8(4-1)5-3-7-10-9/h5,8-9H,1-4,6-7H2. The van der Waals surface area contributed by atoms with Crippen molar-refractivity contribution in [1.82, 2.24) is 0 Å². The van der Waals surface area contributed by atoms with E-state index in [-0.39, 0.29) is 0 Å². The van der Waals surface area contributed by atoms with Crippen molar-refractivity contribution in [3.05, 3.63) is 6.42 Å². The Morgan fingerprint density at radius 1 is 1.20 bits per heavy atom. The predicted octanol–water partition coefficient (Wildman–Crippen LogP) is 2.17. The molecule has 1 nitrogen and oxygen atoms in total. The molecule has 10 heavy (non-hydrogen) atoms. The van der Waals surface area contributed by atoms with Crippen molar-refractivity contribution in [3.8, 4) is 0 Å². The fourth-order valence-corrected chi connectivity index (χ4v) is 2.10. The first kappa shape index (κ1) is 6.66. The van der Waals surface area contributed by atoms with Crippen LogP contribution < -0.4 is 0 Å². The van der Waals surface area contributed by atoms with Crippen molar-refractivity contribution in [2.75, 3.05) is 6.61 Å². The maximum atomic E-state index is 5.65. The fourth-order valence-electron chi connectivity index (χ4n) is 2.10. The lowest BCUT2D eigenvalue weighted by atomic mass is 9.82. The highest BCUT2D eigenvalue weighted by Gasteiger charge is 2.28. The van der Waals surface area contributed by atoms with E-state index in [4.69, 9.17) is 4.74 Å². The fraction of sp³-hybridized carbons (Fsp3) is 0.889. The zero-order chi connectivity index (χ0) is 6.81. The second-order valence-corrected chi connectivity index (χ2v) is 3.38. The van der Waals surface area contributed by atoms with E-state index in [2.05, 4.69) is 6.42 Å². The van der Waals surface area contributed by atoms with Gasteiger partial charge in [-0.1, -0.05) is 12.8 Å². The Labute approximate surface area is 62.8 Å². The van der Waals surface area contributed by atoms with E-state index in [1.165, 1.54) is 32.1 Å². The van der Waals surface area contributed by atoms with Crippen molar-refractivity contribution in [2.45, 2.75) is 38.2 Å². The lowest BCUT2D eigenvalue weighted by molar-refractivity contribution is -0.0238. The summed E-state index contributed by atoms with van der Waals surface area (Å²) in [4.78, 5) is 0. The minimum absolute atomic E-state index is 0.600. The molecule has 2 fully saturated rings. The molecule has 1 aliphatic carbocycles. The number of rotatable bonds is 0. The molecule has 2 unspecified atom stereocenters. The van der Waals surface area contributed by atoms with Gasteiger partial charge in [-0.05, 0) is 31.6 Å². The van der Waals surface area contributed by atoms with Crippen LogP contribution >= 0.6 is 0 Å². The van der Waals surface area contributed by atoms with Crippen LogP contribution in [0.15, 0.2) is 0 Å². The van der Waals surface area contributed by atoms with E-state index in [9.17, 15) is 0 Å². The minimum Gasteiger partial charge on any atom is -0.378 e. The van der Waals surface area contributed by atoms with Crippen LogP contribution in [0.1, 0.15) is 32.1 Å². The Hall–Kier alpha value is -0.0400. The first-order valence-corrected chi connectivity index (χ1v) is 4.42. The average molecular weight is 139 g/mol. The first-order chi connectivity index (χ1) is 4.97. The minimum atomic E-state index is 0.600. The van der Waals surface area contributed by atoms with Crippen LogP contribution in [0.3, 0.4) is 0 Å². The topological polar surface area (TPSA) is 9.23 Å². The third kappa shape index (κ3) is 1.20. The highest BCUT2D eigenvalue weighted by atomic mass is 16.5. The van der Waals surface area contributed by atoms with Gasteiger partial charge in [-0.2, -0.15) is 0 Å². The molecule has 2 atom stereocenters. The van der Waals surface area contributed by atoms with Crippen LogP contribution in [0.2, 0.25) is 0 Å². The van der Waals surface area contributed by atoms with Crippen LogP contribution in [0.4, 0.5) is 0 Å². The third-order valence-corrected chi connectivity index (χ3v) is 2.67. The Balaban J connectivity index is 1.93. The molecular weight excluding hydrogens is 124 g/mol. The normalized spacial score (nSPS) is 40.8. The maximum absolute atomic E-state index is 5.65. The van der Waals surface area contributed by atoms with Gasteiger partial charge in [-0.3, -0.25) is 0 Å². The number of hydrogen-bond acceptors (Lipinski definition) is 1. The third-order valence-electron chi connectivity index (χ3n) is 2.67. The highest BCUT2D eigenvalue weighted by molar-refractivity contribution is 4.89. The van der Waals surface area contributed by atoms with E-state index in [1.807, 2.05) is 0 Å². The maximum Gasteiger partial charge on any atom is 0.0606 e. The average Bonchev–Trinajstić information content (AvgIpc) is 2.05. The monoisotopic (exact) mass is 139 g/mol. The summed E-state index contributed by atoms with van der Waals surface area (Å²) in [5.74, 6) is 0.808. The Morgan fingerprint density at radius 2 is 2.10 bits per heavy atom. The van der Waals surface area contributed by atoms with Crippen molar-refractivity contribution in [1.29, 1.82) is 0 Å². The molecule has 0 aromatic rings. The van der Waals surface area contributed by atoms with E-state index in [0.717, 1.165) is 12.5 Å². The molecule has 1 radical (unpaired) electrons. The molecule has 0 aromatic heterocycles. The van der Waals surface area contributed by atoms with Crippen LogP contribution in [0, 0.1) is 12.3 Å². The Morgan fingerprint density at radius 3 is 3.00 bits per heavy atom. The van der Waals surface area contributed by atoms with Crippen molar-refractivity contribution >= 4 is 0 Å². The van der Waals surface area contributed by atoms with Gasteiger partial charge in [0.25, 0.3) is 0 Å². The quantitative estimate of drug-likeness (QED) is 0.499. The summed E-state index contributed by atoms with van der Waals surface area (Å²) in [7, 11) is 0.